The second kappa shape index (κ2) is 8.59. The molecule has 26 heavy (non-hydrogen) atoms. The second-order valence-electron chi connectivity index (χ2n) is 6.12. The normalized spacial score (nSPS) is 16.5. The van der Waals surface area contributed by atoms with Crippen LogP contribution >= 0.6 is 23.2 Å². The van der Waals surface area contributed by atoms with E-state index in [0.717, 1.165) is 25.4 Å². The molecule has 2 aromatic rings. The van der Waals surface area contributed by atoms with Crippen LogP contribution < -0.4 is 9.64 Å². The van der Waals surface area contributed by atoms with E-state index < -0.39 is 10.0 Å². The SMILES string of the molecule is O=S(=O)(c1cccc(Cl)c1Cl)N1CC[NH+](CCOc2ccccc2)CC1. The second-order valence-corrected chi connectivity index (χ2v) is 8.81. The van der Waals surface area contributed by atoms with Crippen molar-refractivity contribution in [2.45, 2.75) is 4.90 Å². The standard InChI is InChI=1S/C18H20Cl2N2O3S/c19-16-7-4-8-17(18(16)20)26(23,24)22-11-9-21(10-12-22)13-14-25-15-5-2-1-3-6-15/h1-8H,9-14H2/p+1. The fraction of sp³-hybridized carbons (Fsp3) is 0.333. The average molecular weight is 416 g/mol. The van der Waals surface area contributed by atoms with Crippen LogP contribution in [0.15, 0.2) is 53.4 Å². The largest absolute Gasteiger partial charge is 0.488 e. The first-order chi connectivity index (χ1) is 12.5. The first-order valence-electron chi connectivity index (χ1n) is 8.44. The lowest BCUT2D eigenvalue weighted by molar-refractivity contribution is -0.903. The molecule has 1 heterocycles. The van der Waals surface area contributed by atoms with E-state index >= 15 is 0 Å². The lowest BCUT2D eigenvalue weighted by Crippen LogP contribution is -3.15. The Labute approximate surface area is 164 Å². The van der Waals surface area contributed by atoms with Gasteiger partial charge in [0, 0.05) is 0 Å². The number of piperazine rings is 1. The Balaban J connectivity index is 1.54. The number of ether oxygens (including phenoxy) is 1. The summed E-state index contributed by atoms with van der Waals surface area (Å²) >= 11 is 12.0. The van der Waals surface area contributed by atoms with Crippen LogP contribution in [0.3, 0.4) is 0 Å². The number of sulfonamides is 1. The fourth-order valence-corrected chi connectivity index (χ4v) is 5.12. The van der Waals surface area contributed by atoms with Gasteiger partial charge in [-0.3, -0.25) is 0 Å². The molecule has 1 aliphatic rings. The van der Waals surface area contributed by atoms with Crippen molar-refractivity contribution in [3.8, 4) is 5.75 Å². The van der Waals surface area contributed by atoms with E-state index in [9.17, 15) is 8.42 Å². The third-order valence-corrected chi connectivity index (χ3v) is 7.30. The van der Waals surface area contributed by atoms with Crippen LogP contribution in [0.2, 0.25) is 10.0 Å². The molecule has 8 heteroatoms. The summed E-state index contributed by atoms with van der Waals surface area (Å²) in [7, 11) is -3.63. The molecule has 1 aliphatic heterocycles. The molecule has 0 saturated carbocycles. The van der Waals surface area contributed by atoms with E-state index in [1.54, 1.807) is 12.1 Å². The van der Waals surface area contributed by atoms with E-state index in [-0.39, 0.29) is 14.9 Å². The summed E-state index contributed by atoms with van der Waals surface area (Å²) in [5.74, 6) is 0.851. The van der Waals surface area contributed by atoms with Crippen molar-refractivity contribution in [2.24, 2.45) is 0 Å². The molecule has 0 radical (unpaired) electrons. The van der Waals surface area contributed by atoms with Gasteiger partial charge in [0.2, 0.25) is 10.0 Å². The molecule has 1 fully saturated rings. The number of nitrogens with one attached hydrogen (secondary N) is 1. The molecule has 0 amide bonds. The minimum Gasteiger partial charge on any atom is -0.488 e. The van der Waals surface area contributed by atoms with Gasteiger partial charge in [0.1, 0.15) is 23.8 Å². The monoisotopic (exact) mass is 415 g/mol. The van der Waals surface area contributed by atoms with Gasteiger partial charge < -0.3 is 9.64 Å². The number of hydrogen-bond acceptors (Lipinski definition) is 3. The Morgan fingerprint density at radius 2 is 1.69 bits per heavy atom. The van der Waals surface area contributed by atoms with E-state index in [2.05, 4.69) is 0 Å². The third-order valence-electron chi connectivity index (χ3n) is 4.43. The molecule has 0 atom stereocenters. The highest BCUT2D eigenvalue weighted by Gasteiger charge is 2.32. The maximum Gasteiger partial charge on any atom is 0.245 e. The molecule has 2 aromatic carbocycles. The Kier molecular flexibility index (Phi) is 6.42. The Hall–Kier alpha value is -1.31. The lowest BCUT2D eigenvalue weighted by Gasteiger charge is -2.31. The molecule has 0 spiro atoms. The molecule has 140 valence electrons. The van der Waals surface area contributed by atoms with Crippen LogP contribution in [0.25, 0.3) is 0 Å². The van der Waals surface area contributed by atoms with E-state index in [1.807, 2.05) is 30.3 Å². The number of rotatable bonds is 6. The molecule has 0 bridgehead atoms. The zero-order chi connectivity index (χ0) is 18.6. The smallest absolute Gasteiger partial charge is 0.245 e. The maximum atomic E-state index is 12.8. The molecular weight excluding hydrogens is 395 g/mol. The first-order valence-corrected chi connectivity index (χ1v) is 10.6. The average Bonchev–Trinajstić information content (AvgIpc) is 2.65. The minimum atomic E-state index is -3.63. The number of quaternary nitrogens is 1. The molecule has 1 N–H and O–H groups in total. The highest BCUT2D eigenvalue weighted by atomic mass is 35.5. The Bertz CT molecular complexity index is 839. The zero-order valence-electron chi connectivity index (χ0n) is 14.2. The van der Waals surface area contributed by atoms with Crippen LogP contribution in [0.1, 0.15) is 0 Å². The molecule has 0 aliphatic carbocycles. The molecule has 1 saturated heterocycles. The van der Waals surface area contributed by atoms with Crippen molar-refractivity contribution in [3.05, 3.63) is 58.6 Å². The number of benzene rings is 2. The summed E-state index contributed by atoms with van der Waals surface area (Å²) in [6.45, 7) is 3.80. The first kappa shape index (κ1) is 19.5. The van der Waals surface area contributed by atoms with Crippen molar-refractivity contribution in [1.29, 1.82) is 0 Å². The van der Waals surface area contributed by atoms with Gasteiger partial charge in [-0.2, -0.15) is 4.31 Å². The van der Waals surface area contributed by atoms with Gasteiger partial charge >= 0.3 is 0 Å². The maximum absolute atomic E-state index is 12.8. The molecular formula is C18H21Cl2N2O3S+. The summed E-state index contributed by atoms with van der Waals surface area (Å²) in [5, 5.41) is 0.329. The third kappa shape index (κ3) is 4.50. The van der Waals surface area contributed by atoms with Crippen LogP contribution in [-0.2, 0) is 10.0 Å². The lowest BCUT2D eigenvalue weighted by atomic mass is 10.3. The van der Waals surface area contributed by atoms with Crippen molar-refractivity contribution in [2.75, 3.05) is 39.3 Å². The summed E-state index contributed by atoms with van der Waals surface area (Å²) in [4.78, 5) is 1.40. The highest BCUT2D eigenvalue weighted by molar-refractivity contribution is 7.89. The summed E-state index contributed by atoms with van der Waals surface area (Å²) in [6.07, 6.45) is 0. The Morgan fingerprint density at radius 1 is 1.00 bits per heavy atom. The predicted octanol–water partition coefficient (Wildman–Crippen LogP) is 1.96. The molecule has 0 aromatic heterocycles. The van der Waals surface area contributed by atoms with E-state index in [1.165, 1.54) is 15.3 Å². The van der Waals surface area contributed by atoms with Crippen molar-refractivity contribution >= 4 is 33.2 Å². The molecule has 5 nitrogen and oxygen atoms in total. The number of hydrogen-bond donors (Lipinski definition) is 1. The van der Waals surface area contributed by atoms with Gasteiger partial charge in [0.15, 0.2) is 0 Å². The predicted molar refractivity (Wildman–Crippen MR) is 103 cm³/mol. The number of nitrogens with zero attached hydrogens (tertiary/aromatic N) is 1. The number of para-hydroxylation sites is 1. The highest BCUT2D eigenvalue weighted by Crippen LogP contribution is 2.30. The van der Waals surface area contributed by atoms with Crippen LogP contribution in [0.4, 0.5) is 0 Å². The van der Waals surface area contributed by atoms with Crippen molar-refractivity contribution in [1.82, 2.24) is 4.31 Å². The van der Waals surface area contributed by atoms with Gasteiger partial charge in [-0.25, -0.2) is 8.42 Å². The van der Waals surface area contributed by atoms with E-state index in [0.29, 0.717) is 19.7 Å². The van der Waals surface area contributed by atoms with Gasteiger partial charge in [0.05, 0.1) is 36.2 Å². The molecule has 3 rings (SSSR count). The summed E-state index contributed by atoms with van der Waals surface area (Å²) < 4.78 is 32.8. The van der Waals surface area contributed by atoms with Gasteiger partial charge in [0.25, 0.3) is 0 Å². The fourth-order valence-electron chi connectivity index (χ4n) is 2.95. The summed E-state index contributed by atoms with van der Waals surface area (Å²) in [5.41, 5.74) is 0. The van der Waals surface area contributed by atoms with Gasteiger partial charge in [-0.1, -0.05) is 47.5 Å². The van der Waals surface area contributed by atoms with Gasteiger partial charge in [-0.15, -0.1) is 0 Å². The topological polar surface area (TPSA) is 51.0 Å². The zero-order valence-corrected chi connectivity index (χ0v) is 16.5. The van der Waals surface area contributed by atoms with Gasteiger partial charge in [-0.05, 0) is 24.3 Å². The van der Waals surface area contributed by atoms with Crippen LogP contribution in [0, 0.1) is 0 Å². The van der Waals surface area contributed by atoms with Crippen molar-refractivity contribution < 1.29 is 18.1 Å². The minimum absolute atomic E-state index is 0.0718. The van der Waals surface area contributed by atoms with Crippen LogP contribution in [0.5, 0.6) is 5.75 Å². The summed E-state index contributed by atoms with van der Waals surface area (Å²) in [6, 6.07) is 14.4. The Morgan fingerprint density at radius 3 is 2.38 bits per heavy atom. The van der Waals surface area contributed by atoms with Crippen molar-refractivity contribution in [3.63, 3.8) is 0 Å². The van der Waals surface area contributed by atoms with E-state index in [4.69, 9.17) is 27.9 Å². The molecule has 0 unspecified atom stereocenters. The van der Waals surface area contributed by atoms with Crippen LogP contribution in [-0.4, -0.2) is 52.1 Å². The quantitative estimate of drug-likeness (QED) is 0.784. The number of halogens is 2.